The molecule has 0 N–H and O–H groups in total. The number of amides is 1. The largest absolute Gasteiger partial charge is 0.381 e. The average Bonchev–Trinajstić information content (AvgIpc) is 3.35. The highest BCUT2D eigenvalue weighted by Crippen LogP contribution is 2.32. The SMILES string of the molecule is CO[C@H]1CCC[C@@H](C(=O)N2CCN(Cc3c(-c4ccc(Cl)cc4)nc4ccc(-c5ccc(Cl)cc5C)cn34)CC2)C1. The molecule has 1 amide bonds. The molecule has 41 heavy (non-hydrogen) atoms. The first-order valence-electron chi connectivity index (χ1n) is 14.5. The lowest BCUT2D eigenvalue weighted by molar-refractivity contribution is -0.140. The van der Waals surface area contributed by atoms with Crippen molar-refractivity contribution in [3.63, 3.8) is 0 Å². The molecule has 1 aliphatic carbocycles. The molecule has 4 aromatic rings. The van der Waals surface area contributed by atoms with E-state index in [1.807, 2.05) is 36.4 Å². The van der Waals surface area contributed by atoms with E-state index in [-0.39, 0.29) is 12.0 Å². The fourth-order valence-electron chi connectivity index (χ4n) is 6.37. The van der Waals surface area contributed by atoms with E-state index in [0.717, 1.165) is 103 Å². The molecule has 2 aliphatic rings. The molecule has 2 atom stereocenters. The molecular weight excluding hydrogens is 555 g/mol. The number of pyridine rings is 1. The Hall–Kier alpha value is -2.90. The predicted molar refractivity (Wildman–Crippen MR) is 165 cm³/mol. The second-order valence-electron chi connectivity index (χ2n) is 11.3. The van der Waals surface area contributed by atoms with Crippen molar-refractivity contribution >= 4 is 34.8 Å². The van der Waals surface area contributed by atoms with Gasteiger partial charge in [0.15, 0.2) is 0 Å². The minimum Gasteiger partial charge on any atom is -0.381 e. The molecule has 0 bridgehead atoms. The summed E-state index contributed by atoms with van der Waals surface area (Å²) in [5, 5.41) is 1.44. The highest BCUT2D eigenvalue weighted by molar-refractivity contribution is 6.31. The van der Waals surface area contributed by atoms with Crippen molar-refractivity contribution < 1.29 is 9.53 Å². The van der Waals surface area contributed by atoms with Crippen LogP contribution in [0.2, 0.25) is 10.0 Å². The third-order valence-corrected chi connectivity index (χ3v) is 9.19. The monoisotopic (exact) mass is 590 g/mol. The van der Waals surface area contributed by atoms with Crippen molar-refractivity contribution in [1.29, 1.82) is 0 Å². The van der Waals surface area contributed by atoms with Gasteiger partial charge in [-0.3, -0.25) is 9.69 Å². The zero-order valence-corrected chi connectivity index (χ0v) is 25.2. The molecule has 8 heteroatoms. The van der Waals surface area contributed by atoms with E-state index in [1.165, 1.54) is 0 Å². The summed E-state index contributed by atoms with van der Waals surface area (Å²) >= 11 is 12.5. The molecule has 0 radical (unpaired) electrons. The maximum atomic E-state index is 13.3. The van der Waals surface area contributed by atoms with Crippen LogP contribution >= 0.6 is 23.2 Å². The van der Waals surface area contributed by atoms with Crippen molar-refractivity contribution in [3.05, 3.63) is 82.1 Å². The van der Waals surface area contributed by atoms with Crippen LogP contribution in [0.15, 0.2) is 60.8 Å². The van der Waals surface area contributed by atoms with Crippen molar-refractivity contribution in [1.82, 2.24) is 19.2 Å². The lowest BCUT2D eigenvalue weighted by Gasteiger charge is -2.38. The first-order chi connectivity index (χ1) is 19.9. The number of hydrogen-bond donors (Lipinski definition) is 0. The number of methoxy groups -OCH3 is 1. The molecule has 2 fully saturated rings. The smallest absolute Gasteiger partial charge is 0.225 e. The zero-order chi connectivity index (χ0) is 28.5. The summed E-state index contributed by atoms with van der Waals surface area (Å²) in [6, 6.07) is 18.1. The van der Waals surface area contributed by atoms with Crippen LogP contribution in [0.25, 0.3) is 28.0 Å². The fourth-order valence-corrected chi connectivity index (χ4v) is 6.73. The number of hydrogen-bond acceptors (Lipinski definition) is 4. The summed E-state index contributed by atoms with van der Waals surface area (Å²) in [6.45, 7) is 5.97. The van der Waals surface area contributed by atoms with Gasteiger partial charge in [0.25, 0.3) is 0 Å². The lowest BCUT2D eigenvalue weighted by atomic mass is 9.86. The molecule has 6 rings (SSSR count). The second-order valence-corrected chi connectivity index (χ2v) is 12.2. The summed E-state index contributed by atoms with van der Waals surface area (Å²) in [6.07, 6.45) is 6.33. The van der Waals surface area contributed by atoms with Crippen molar-refractivity contribution in [2.75, 3.05) is 33.3 Å². The molecule has 3 heterocycles. The van der Waals surface area contributed by atoms with E-state index in [1.54, 1.807) is 7.11 Å². The van der Waals surface area contributed by atoms with Gasteiger partial charge in [0.2, 0.25) is 5.91 Å². The average molecular weight is 592 g/mol. The highest BCUT2D eigenvalue weighted by atomic mass is 35.5. The molecule has 2 aromatic carbocycles. The molecular formula is C33H36Cl2N4O2. The minimum atomic E-state index is 0.0882. The number of halogens is 2. The number of piperazine rings is 1. The Kier molecular flexibility index (Phi) is 8.36. The van der Waals surface area contributed by atoms with E-state index < -0.39 is 0 Å². The Bertz CT molecular complexity index is 1540. The number of rotatable bonds is 6. The van der Waals surface area contributed by atoms with Gasteiger partial charge in [-0.05, 0) is 79.3 Å². The number of ether oxygens (including phenoxy) is 1. The first kappa shape index (κ1) is 28.2. The van der Waals surface area contributed by atoms with Crippen LogP contribution in [0.5, 0.6) is 0 Å². The predicted octanol–water partition coefficient (Wildman–Crippen LogP) is 7.13. The van der Waals surface area contributed by atoms with Gasteiger partial charge in [-0.2, -0.15) is 0 Å². The number of nitrogens with zero attached hydrogens (tertiary/aromatic N) is 4. The molecule has 6 nitrogen and oxygen atoms in total. The highest BCUT2D eigenvalue weighted by Gasteiger charge is 2.32. The summed E-state index contributed by atoms with van der Waals surface area (Å²) in [5.41, 5.74) is 7.42. The number of aryl methyl sites for hydroxylation is 1. The van der Waals surface area contributed by atoms with E-state index >= 15 is 0 Å². The maximum Gasteiger partial charge on any atom is 0.225 e. The number of carbonyl (C=O) groups is 1. The van der Waals surface area contributed by atoms with Gasteiger partial charge in [0.1, 0.15) is 5.65 Å². The van der Waals surface area contributed by atoms with Crippen LogP contribution in [0.1, 0.15) is 36.9 Å². The van der Waals surface area contributed by atoms with Gasteiger partial charge in [-0.15, -0.1) is 0 Å². The van der Waals surface area contributed by atoms with E-state index in [2.05, 4.69) is 45.5 Å². The van der Waals surface area contributed by atoms with Crippen LogP contribution in [0.4, 0.5) is 0 Å². The number of fused-ring (bicyclic) bond motifs is 1. The molecule has 1 saturated carbocycles. The fraction of sp³-hybridized carbons (Fsp3) is 0.394. The Morgan fingerprint density at radius 1 is 0.951 bits per heavy atom. The van der Waals surface area contributed by atoms with E-state index in [4.69, 9.17) is 32.9 Å². The van der Waals surface area contributed by atoms with Crippen LogP contribution in [-0.4, -0.2) is 64.5 Å². The van der Waals surface area contributed by atoms with Crippen molar-refractivity contribution in [3.8, 4) is 22.4 Å². The van der Waals surface area contributed by atoms with Crippen molar-refractivity contribution in [2.24, 2.45) is 5.92 Å². The minimum absolute atomic E-state index is 0.0882. The standard InChI is InChI=1S/C33H36Cl2N4O2/c1-22-18-27(35)11-12-29(22)25-8-13-31-36-32(23-6-9-26(34)10-7-23)30(39(31)20-25)21-37-14-16-38(17-15-37)33(40)24-4-3-5-28(19-24)41-2/h6-13,18,20,24,28H,3-5,14-17,19,21H2,1-2H3/t24-,28+/m1/s1. The molecule has 0 unspecified atom stereocenters. The lowest BCUT2D eigenvalue weighted by Crippen LogP contribution is -2.50. The van der Waals surface area contributed by atoms with Crippen LogP contribution in [0, 0.1) is 12.8 Å². The molecule has 1 saturated heterocycles. The summed E-state index contributed by atoms with van der Waals surface area (Å²) in [5.74, 6) is 0.385. The van der Waals surface area contributed by atoms with Crippen molar-refractivity contribution in [2.45, 2.75) is 45.3 Å². The van der Waals surface area contributed by atoms with E-state index in [0.29, 0.717) is 10.9 Å². The Labute approximate surface area is 251 Å². The summed E-state index contributed by atoms with van der Waals surface area (Å²) in [7, 11) is 1.76. The topological polar surface area (TPSA) is 50.1 Å². The first-order valence-corrected chi connectivity index (χ1v) is 15.2. The van der Waals surface area contributed by atoms with Gasteiger partial charge < -0.3 is 14.0 Å². The molecule has 1 aliphatic heterocycles. The maximum absolute atomic E-state index is 13.3. The summed E-state index contributed by atoms with van der Waals surface area (Å²) < 4.78 is 7.79. The number of imidazole rings is 1. The molecule has 214 valence electrons. The van der Waals surface area contributed by atoms with E-state index in [9.17, 15) is 4.79 Å². The van der Waals surface area contributed by atoms with Gasteiger partial charge in [-0.1, -0.05) is 47.8 Å². The van der Waals surface area contributed by atoms with Crippen LogP contribution in [-0.2, 0) is 16.1 Å². The molecule has 2 aromatic heterocycles. The van der Waals surface area contributed by atoms with Gasteiger partial charge in [0, 0.05) is 67.6 Å². The number of benzene rings is 2. The number of aromatic nitrogens is 2. The normalized spacial score (nSPS) is 20.0. The third-order valence-electron chi connectivity index (χ3n) is 8.70. The molecule has 0 spiro atoms. The van der Waals surface area contributed by atoms with Crippen LogP contribution in [0.3, 0.4) is 0 Å². The number of carbonyl (C=O) groups excluding carboxylic acids is 1. The third kappa shape index (κ3) is 6.02. The van der Waals surface area contributed by atoms with Gasteiger partial charge in [0.05, 0.1) is 17.5 Å². The van der Waals surface area contributed by atoms with Gasteiger partial charge >= 0.3 is 0 Å². The quantitative estimate of drug-likeness (QED) is 0.239. The summed E-state index contributed by atoms with van der Waals surface area (Å²) in [4.78, 5) is 22.9. The Morgan fingerprint density at radius 3 is 2.41 bits per heavy atom. The zero-order valence-electron chi connectivity index (χ0n) is 23.7. The Morgan fingerprint density at radius 2 is 1.68 bits per heavy atom. The van der Waals surface area contributed by atoms with Crippen LogP contribution < -0.4 is 0 Å². The second kappa shape index (κ2) is 12.1. The Balaban J connectivity index is 1.27. The van der Waals surface area contributed by atoms with Gasteiger partial charge in [-0.25, -0.2) is 4.98 Å².